The normalized spacial score (nSPS) is 10.8. The second-order valence-corrected chi connectivity index (χ2v) is 6.79. The lowest BCUT2D eigenvalue weighted by atomic mass is 10.1. The second kappa shape index (κ2) is 8.48. The topological polar surface area (TPSA) is 41.1 Å². The van der Waals surface area contributed by atoms with Crippen molar-refractivity contribution in [3.05, 3.63) is 83.6 Å². The van der Waals surface area contributed by atoms with Crippen molar-refractivity contribution in [3.63, 3.8) is 0 Å². The highest BCUT2D eigenvalue weighted by molar-refractivity contribution is 5.44. The van der Waals surface area contributed by atoms with Crippen LogP contribution in [-0.2, 0) is 13.1 Å². The number of rotatable bonds is 7. The molecule has 0 saturated heterocycles. The summed E-state index contributed by atoms with van der Waals surface area (Å²) in [6.45, 7) is 8.01. The van der Waals surface area contributed by atoms with Gasteiger partial charge in [0.25, 0.3) is 0 Å². The first kappa shape index (κ1) is 17.9. The maximum Gasteiger partial charge on any atom is 0.224 e. The van der Waals surface area contributed by atoms with Gasteiger partial charge in [-0.15, -0.1) is 0 Å². The van der Waals surface area contributed by atoms with Gasteiger partial charge >= 0.3 is 0 Å². The van der Waals surface area contributed by atoms with Crippen LogP contribution in [0.1, 0.15) is 30.5 Å². The summed E-state index contributed by atoms with van der Waals surface area (Å²) in [5.74, 6) is 1.59. The van der Waals surface area contributed by atoms with Crippen LogP contribution in [0.4, 0.5) is 11.8 Å². The van der Waals surface area contributed by atoms with Gasteiger partial charge in [0.05, 0.1) is 0 Å². The molecule has 1 N–H and O–H groups in total. The number of aryl methyl sites for hydroxylation is 1. The monoisotopic (exact) mass is 346 g/mol. The number of hydrogen-bond donors (Lipinski definition) is 1. The van der Waals surface area contributed by atoms with Gasteiger partial charge in [0.2, 0.25) is 5.95 Å². The van der Waals surface area contributed by atoms with E-state index in [1.54, 1.807) is 0 Å². The van der Waals surface area contributed by atoms with E-state index in [4.69, 9.17) is 4.98 Å². The molecule has 26 heavy (non-hydrogen) atoms. The molecule has 1 aromatic heterocycles. The fourth-order valence-electron chi connectivity index (χ4n) is 2.91. The lowest BCUT2D eigenvalue weighted by Gasteiger charge is -2.28. The van der Waals surface area contributed by atoms with E-state index in [2.05, 4.69) is 84.5 Å². The Morgan fingerprint density at radius 3 is 2.46 bits per heavy atom. The largest absolute Gasteiger partial charge is 0.350 e. The van der Waals surface area contributed by atoms with Gasteiger partial charge in [0.1, 0.15) is 5.82 Å². The van der Waals surface area contributed by atoms with Crippen LogP contribution in [-0.4, -0.2) is 16.0 Å². The number of aromatic nitrogens is 2. The lowest BCUT2D eigenvalue weighted by molar-refractivity contribution is 0.671. The van der Waals surface area contributed by atoms with E-state index in [1.165, 1.54) is 16.7 Å². The molecule has 2 aromatic carbocycles. The van der Waals surface area contributed by atoms with E-state index in [0.717, 1.165) is 12.4 Å². The van der Waals surface area contributed by atoms with Crippen LogP contribution in [0, 0.1) is 6.92 Å². The minimum atomic E-state index is 0.342. The molecule has 0 amide bonds. The molecule has 0 fully saturated rings. The Bertz CT molecular complexity index is 830. The van der Waals surface area contributed by atoms with Gasteiger partial charge in [-0.2, -0.15) is 4.98 Å². The van der Waals surface area contributed by atoms with E-state index in [-0.39, 0.29) is 0 Å². The van der Waals surface area contributed by atoms with E-state index in [1.807, 2.05) is 18.3 Å². The predicted octanol–water partition coefficient (Wildman–Crippen LogP) is 4.81. The van der Waals surface area contributed by atoms with Crippen molar-refractivity contribution in [3.8, 4) is 0 Å². The third-order valence-electron chi connectivity index (χ3n) is 4.29. The van der Waals surface area contributed by atoms with Gasteiger partial charge in [0, 0.05) is 25.3 Å². The zero-order valence-electron chi connectivity index (χ0n) is 15.7. The average molecular weight is 346 g/mol. The summed E-state index contributed by atoms with van der Waals surface area (Å²) < 4.78 is 0. The molecule has 0 bridgehead atoms. The van der Waals surface area contributed by atoms with Crippen LogP contribution in [0.25, 0.3) is 0 Å². The number of benzene rings is 2. The molecule has 0 saturated carbocycles. The molecule has 0 radical (unpaired) electrons. The smallest absolute Gasteiger partial charge is 0.224 e. The molecular formula is C22H26N4. The fraction of sp³-hybridized carbons (Fsp3) is 0.273. The van der Waals surface area contributed by atoms with Gasteiger partial charge in [-0.1, -0.05) is 60.2 Å². The van der Waals surface area contributed by atoms with Crippen LogP contribution < -0.4 is 10.2 Å². The van der Waals surface area contributed by atoms with Gasteiger partial charge in [-0.05, 0) is 38.0 Å². The van der Waals surface area contributed by atoms with Crippen molar-refractivity contribution in [2.45, 2.75) is 39.9 Å². The summed E-state index contributed by atoms with van der Waals surface area (Å²) >= 11 is 0. The Morgan fingerprint density at radius 1 is 0.962 bits per heavy atom. The zero-order valence-corrected chi connectivity index (χ0v) is 15.7. The third kappa shape index (κ3) is 4.82. The van der Waals surface area contributed by atoms with Crippen LogP contribution >= 0.6 is 0 Å². The van der Waals surface area contributed by atoms with Gasteiger partial charge in [-0.25, -0.2) is 4.98 Å². The molecule has 134 valence electrons. The molecule has 0 atom stereocenters. The molecule has 0 aliphatic rings. The Morgan fingerprint density at radius 2 is 1.73 bits per heavy atom. The number of nitrogens with one attached hydrogen (secondary N) is 1. The highest BCUT2D eigenvalue weighted by Crippen LogP contribution is 2.19. The van der Waals surface area contributed by atoms with Crippen LogP contribution in [0.15, 0.2) is 66.9 Å². The Labute approximate surface area is 155 Å². The Hall–Kier alpha value is -2.88. The van der Waals surface area contributed by atoms with Crippen molar-refractivity contribution < 1.29 is 0 Å². The Balaban J connectivity index is 1.73. The van der Waals surface area contributed by atoms with Crippen molar-refractivity contribution in [2.75, 3.05) is 10.2 Å². The second-order valence-electron chi connectivity index (χ2n) is 6.79. The van der Waals surface area contributed by atoms with Crippen molar-refractivity contribution >= 4 is 11.8 Å². The minimum Gasteiger partial charge on any atom is -0.350 e. The van der Waals surface area contributed by atoms with E-state index in [9.17, 15) is 0 Å². The summed E-state index contributed by atoms with van der Waals surface area (Å²) in [6, 6.07) is 21.3. The van der Waals surface area contributed by atoms with Crippen LogP contribution in [0.2, 0.25) is 0 Å². The van der Waals surface area contributed by atoms with Gasteiger partial charge in [0.15, 0.2) is 0 Å². The standard InChI is InChI=1S/C22H26N4/c1-17(2)26(16-19-9-5-4-6-10-19)21-12-13-23-22(25-21)24-15-20-11-7-8-18(3)14-20/h4-14,17H,15-16H2,1-3H3,(H,23,24,25). The predicted molar refractivity (Wildman–Crippen MR) is 108 cm³/mol. The van der Waals surface area contributed by atoms with E-state index < -0.39 is 0 Å². The van der Waals surface area contributed by atoms with Crippen molar-refractivity contribution in [1.29, 1.82) is 0 Å². The van der Waals surface area contributed by atoms with Crippen LogP contribution in [0.5, 0.6) is 0 Å². The zero-order chi connectivity index (χ0) is 18.4. The molecule has 3 aromatic rings. The molecular weight excluding hydrogens is 320 g/mol. The SMILES string of the molecule is Cc1cccc(CNc2nccc(N(Cc3ccccc3)C(C)C)n2)c1. The van der Waals surface area contributed by atoms with E-state index >= 15 is 0 Å². The first-order chi connectivity index (χ1) is 12.6. The molecule has 3 rings (SSSR count). The molecule has 0 unspecified atom stereocenters. The third-order valence-corrected chi connectivity index (χ3v) is 4.29. The number of anilines is 2. The lowest BCUT2D eigenvalue weighted by Crippen LogP contribution is -2.31. The Kier molecular flexibility index (Phi) is 5.84. The number of nitrogens with zero attached hydrogens (tertiary/aromatic N) is 3. The van der Waals surface area contributed by atoms with E-state index in [0.29, 0.717) is 18.5 Å². The molecule has 1 heterocycles. The van der Waals surface area contributed by atoms with Crippen molar-refractivity contribution in [2.24, 2.45) is 0 Å². The van der Waals surface area contributed by atoms with Gasteiger partial charge < -0.3 is 10.2 Å². The van der Waals surface area contributed by atoms with Gasteiger partial charge in [-0.3, -0.25) is 0 Å². The summed E-state index contributed by atoms with van der Waals surface area (Å²) in [7, 11) is 0. The summed E-state index contributed by atoms with van der Waals surface area (Å²) in [4.78, 5) is 11.4. The summed E-state index contributed by atoms with van der Waals surface area (Å²) in [6.07, 6.45) is 1.82. The maximum atomic E-state index is 4.73. The maximum absolute atomic E-state index is 4.73. The molecule has 0 aliphatic carbocycles. The number of hydrogen-bond acceptors (Lipinski definition) is 4. The van der Waals surface area contributed by atoms with Crippen molar-refractivity contribution in [1.82, 2.24) is 9.97 Å². The highest BCUT2D eigenvalue weighted by Gasteiger charge is 2.13. The molecule has 4 heteroatoms. The first-order valence-electron chi connectivity index (χ1n) is 9.05. The molecule has 4 nitrogen and oxygen atoms in total. The highest BCUT2D eigenvalue weighted by atomic mass is 15.2. The minimum absolute atomic E-state index is 0.342. The first-order valence-corrected chi connectivity index (χ1v) is 9.05. The quantitative estimate of drug-likeness (QED) is 0.666. The average Bonchev–Trinajstić information content (AvgIpc) is 2.65. The fourth-order valence-corrected chi connectivity index (χ4v) is 2.91. The summed E-state index contributed by atoms with van der Waals surface area (Å²) in [5.41, 5.74) is 3.76. The summed E-state index contributed by atoms with van der Waals surface area (Å²) in [5, 5.41) is 3.34. The molecule has 0 aliphatic heterocycles. The van der Waals surface area contributed by atoms with Crippen LogP contribution in [0.3, 0.4) is 0 Å². The molecule has 0 spiro atoms.